The second-order valence-electron chi connectivity index (χ2n) is 5.66. The first-order valence-electron chi connectivity index (χ1n) is 7.93. The molecular formula is C21H17N3. The summed E-state index contributed by atoms with van der Waals surface area (Å²) in [5.74, 6) is 0.846. The minimum Gasteiger partial charge on any atom is -0.326 e. The van der Waals surface area contributed by atoms with Crippen molar-refractivity contribution >= 4 is 22.9 Å². The SMILES string of the molecule is Cn1c(C=Nc2ccccc2-c2ccccc2)nc2ccccc21. The summed E-state index contributed by atoms with van der Waals surface area (Å²) < 4.78 is 2.06. The molecule has 0 aliphatic carbocycles. The van der Waals surface area contributed by atoms with Gasteiger partial charge in [0.05, 0.1) is 22.9 Å². The van der Waals surface area contributed by atoms with Crippen molar-refractivity contribution in [1.29, 1.82) is 0 Å². The highest BCUT2D eigenvalue weighted by molar-refractivity contribution is 5.88. The molecule has 24 heavy (non-hydrogen) atoms. The van der Waals surface area contributed by atoms with Gasteiger partial charge in [0.15, 0.2) is 5.82 Å². The molecule has 0 atom stereocenters. The number of benzene rings is 3. The summed E-state index contributed by atoms with van der Waals surface area (Å²) in [5.41, 5.74) is 5.31. The molecule has 3 aromatic carbocycles. The molecule has 1 aromatic heterocycles. The van der Waals surface area contributed by atoms with Gasteiger partial charge in [0.25, 0.3) is 0 Å². The molecule has 0 bridgehead atoms. The van der Waals surface area contributed by atoms with Crippen LogP contribution in [0.25, 0.3) is 22.2 Å². The third-order valence-electron chi connectivity index (χ3n) is 4.13. The first kappa shape index (κ1) is 14.4. The summed E-state index contributed by atoms with van der Waals surface area (Å²) in [7, 11) is 2.01. The van der Waals surface area contributed by atoms with E-state index in [0.717, 1.165) is 33.7 Å². The summed E-state index contributed by atoms with van der Waals surface area (Å²) in [6, 6.07) is 26.6. The zero-order chi connectivity index (χ0) is 16.4. The quantitative estimate of drug-likeness (QED) is 0.490. The highest BCUT2D eigenvalue weighted by Crippen LogP contribution is 2.29. The van der Waals surface area contributed by atoms with Crippen LogP contribution < -0.4 is 0 Å². The van der Waals surface area contributed by atoms with Crippen molar-refractivity contribution in [2.75, 3.05) is 0 Å². The van der Waals surface area contributed by atoms with Crippen molar-refractivity contribution in [3.05, 3.63) is 84.7 Å². The van der Waals surface area contributed by atoms with E-state index >= 15 is 0 Å². The molecule has 0 N–H and O–H groups in total. The molecule has 0 aliphatic rings. The summed E-state index contributed by atoms with van der Waals surface area (Å²) >= 11 is 0. The number of aromatic nitrogens is 2. The molecule has 3 heteroatoms. The van der Waals surface area contributed by atoms with Crippen molar-refractivity contribution in [1.82, 2.24) is 9.55 Å². The molecule has 0 amide bonds. The van der Waals surface area contributed by atoms with E-state index in [-0.39, 0.29) is 0 Å². The summed E-state index contributed by atoms with van der Waals surface area (Å²) in [5, 5.41) is 0. The maximum Gasteiger partial charge on any atom is 0.152 e. The van der Waals surface area contributed by atoms with Crippen LogP contribution in [-0.4, -0.2) is 15.8 Å². The van der Waals surface area contributed by atoms with Gasteiger partial charge in [-0.2, -0.15) is 0 Å². The number of rotatable bonds is 3. The molecule has 4 aromatic rings. The Kier molecular flexibility index (Phi) is 3.67. The fourth-order valence-electron chi connectivity index (χ4n) is 2.85. The first-order chi connectivity index (χ1) is 11.8. The lowest BCUT2D eigenvalue weighted by molar-refractivity contribution is 0.935. The molecular weight excluding hydrogens is 294 g/mol. The van der Waals surface area contributed by atoms with E-state index in [4.69, 9.17) is 4.99 Å². The largest absolute Gasteiger partial charge is 0.326 e. The van der Waals surface area contributed by atoms with Crippen molar-refractivity contribution in [2.24, 2.45) is 12.0 Å². The van der Waals surface area contributed by atoms with Crippen LogP contribution in [0.5, 0.6) is 0 Å². The Morgan fingerprint density at radius 1 is 0.833 bits per heavy atom. The minimum atomic E-state index is 0.846. The zero-order valence-corrected chi connectivity index (χ0v) is 13.4. The summed E-state index contributed by atoms with van der Waals surface area (Å²) in [4.78, 5) is 9.34. The van der Waals surface area contributed by atoms with Gasteiger partial charge in [-0.05, 0) is 23.8 Å². The molecule has 4 rings (SSSR count). The molecule has 0 aliphatic heterocycles. The van der Waals surface area contributed by atoms with Crippen molar-refractivity contribution < 1.29 is 0 Å². The lowest BCUT2D eigenvalue weighted by Gasteiger charge is -2.05. The third-order valence-corrected chi connectivity index (χ3v) is 4.13. The zero-order valence-electron chi connectivity index (χ0n) is 13.4. The van der Waals surface area contributed by atoms with Gasteiger partial charge >= 0.3 is 0 Å². The first-order valence-corrected chi connectivity index (χ1v) is 7.93. The fourth-order valence-corrected chi connectivity index (χ4v) is 2.85. The van der Waals surface area contributed by atoms with Crippen LogP contribution in [0.15, 0.2) is 83.9 Å². The maximum absolute atomic E-state index is 4.70. The number of aryl methyl sites for hydroxylation is 1. The Morgan fingerprint density at radius 3 is 2.38 bits per heavy atom. The van der Waals surface area contributed by atoms with Crippen LogP contribution in [-0.2, 0) is 7.05 Å². The fraction of sp³-hybridized carbons (Fsp3) is 0.0476. The molecule has 0 saturated heterocycles. The van der Waals surface area contributed by atoms with Crippen LogP contribution in [0.2, 0.25) is 0 Å². The lowest BCUT2D eigenvalue weighted by Crippen LogP contribution is -1.95. The number of hydrogen-bond acceptors (Lipinski definition) is 2. The van der Waals surface area contributed by atoms with Crippen LogP contribution in [0, 0.1) is 0 Å². The third kappa shape index (κ3) is 2.61. The van der Waals surface area contributed by atoms with E-state index in [2.05, 4.69) is 33.8 Å². The number of fused-ring (bicyclic) bond motifs is 1. The van der Waals surface area contributed by atoms with Gasteiger partial charge in [-0.3, -0.25) is 4.99 Å². The van der Waals surface area contributed by atoms with Gasteiger partial charge in [0.1, 0.15) is 0 Å². The van der Waals surface area contributed by atoms with Gasteiger partial charge < -0.3 is 4.57 Å². The topological polar surface area (TPSA) is 30.2 Å². The molecule has 0 saturated carbocycles. The van der Waals surface area contributed by atoms with E-state index in [1.54, 1.807) is 0 Å². The van der Waals surface area contributed by atoms with E-state index in [0.29, 0.717) is 0 Å². The average Bonchev–Trinajstić information content (AvgIpc) is 2.97. The van der Waals surface area contributed by atoms with Crippen molar-refractivity contribution in [3.8, 4) is 11.1 Å². The molecule has 0 spiro atoms. The van der Waals surface area contributed by atoms with Gasteiger partial charge in [-0.25, -0.2) is 4.98 Å². The van der Waals surface area contributed by atoms with E-state index in [1.165, 1.54) is 0 Å². The van der Waals surface area contributed by atoms with E-state index < -0.39 is 0 Å². The Hall–Kier alpha value is -3.20. The Labute approximate surface area is 140 Å². The van der Waals surface area contributed by atoms with Crippen molar-refractivity contribution in [3.63, 3.8) is 0 Å². The van der Waals surface area contributed by atoms with Crippen molar-refractivity contribution in [2.45, 2.75) is 0 Å². The molecule has 0 fully saturated rings. The number of para-hydroxylation sites is 3. The number of nitrogens with zero attached hydrogens (tertiary/aromatic N) is 3. The highest BCUT2D eigenvalue weighted by atomic mass is 15.1. The Morgan fingerprint density at radius 2 is 1.54 bits per heavy atom. The smallest absolute Gasteiger partial charge is 0.152 e. The Balaban J connectivity index is 1.75. The standard InChI is InChI=1S/C21H17N3/c1-24-20-14-8-7-13-19(20)23-21(24)15-22-18-12-6-5-11-17(18)16-9-3-2-4-10-16/h2-15H,1H3. The predicted octanol–water partition coefficient (Wildman–Crippen LogP) is 4.99. The normalized spacial score (nSPS) is 11.4. The van der Waals surface area contributed by atoms with Gasteiger partial charge in [-0.1, -0.05) is 60.7 Å². The monoisotopic (exact) mass is 311 g/mol. The molecule has 0 radical (unpaired) electrons. The Bertz CT molecular complexity index is 1010. The van der Waals surface area contributed by atoms with Gasteiger partial charge in [0, 0.05) is 12.6 Å². The van der Waals surface area contributed by atoms with Gasteiger partial charge in [-0.15, -0.1) is 0 Å². The number of hydrogen-bond donors (Lipinski definition) is 0. The summed E-state index contributed by atoms with van der Waals surface area (Å²) in [6.07, 6.45) is 1.84. The molecule has 116 valence electrons. The van der Waals surface area contributed by atoms with E-state index in [1.807, 2.05) is 67.9 Å². The molecule has 3 nitrogen and oxygen atoms in total. The van der Waals surface area contributed by atoms with Crippen LogP contribution in [0.4, 0.5) is 5.69 Å². The number of imidazole rings is 1. The molecule has 1 heterocycles. The highest BCUT2D eigenvalue weighted by Gasteiger charge is 2.06. The predicted molar refractivity (Wildman–Crippen MR) is 99.8 cm³/mol. The van der Waals surface area contributed by atoms with Gasteiger partial charge in [0.2, 0.25) is 0 Å². The second-order valence-corrected chi connectivity index (χ2v) is 5.66. The van der Waals surface area contributed by atoms with Crippen LogP contribution in [0.3, 0.4) is 0 Å². The summed E-state index contributed by atoms with van der Waals surface area (Å²) in [6.45, 7) is 0. The second kappa shape index (κ2) is 6.13. The lowest BCUT2D eigenvalue weighted by atomic mass is 10.0. The number of aliphatic imine (C=N–C) groups is 1. The maximum atomic E-state index is 4.70. The van der Waals surface area contributed by atoms with Crippen LogP contribution >= 0.6 is 0 Å². The minimum absolute atomic E-state index is 0.846. The van der Waals surface area contributed by atoms with Crippen LogP contribution in [0.1, 0.15) is 5.82 Å². The van der Waals surface area contributed by atoms with E-state index in [9.17, 15) is 0 Å². The molecule has 0 unspecified atom stereocenters. The average molecular weight is 311 g/mol.